The Balaban J connectivity index is 2.20. The predicted octanol–water partition coefficient (Wildman–Crippen LogP) is 3.87. The second-order valence-corrected chi connectivity index (χ2v) is 8.38. The van der Waals surface area contributed by atoms with Gasteiger partial charge in [-0.05, 0) is 66.5 Å². The van der Waals surface area contributed by atoms with E-state index in [2.05, 4.69) is 25.9 Å². The second-order valence-electron chi connectivity index (χ2n) is 5.87. The molecule has 0 aromatic heterocycles. The summed E-state index contributed by atoms with van der Waals surface area (Å²) < 4.78 is 36.2. The van der Waals surface area contributed by atoms with Gasteiger partial charge in [0.1, 0.15) is 0 Å². The Hall–Kier alpha value is -2.06. The maximum Gasteiger partial charge on any atom is 0.276 e. The summed E-state index contributed by atoms with van der Waals surface area (Å²) in [7, 11) is -2.17. The molecule has 0 amide bonds. The van der Waals surface area contributed by atoms with Crippen molar-refractivity contribution in [3.63, 3.8) is 0 Å². The van der Waals surface area contributed by atoms with Crippen LogP contribution in [-0.2, 0) is 10.0 Å². The second kappa shape index (κ2) is 8.55. The monoisotopic (exact) mass is 440 g/mol. The number of benzene rings is 2. The van der Waals surface area contributed by atoms with E-state index in [4.69, 9.17) is 9.47 Å². The van der Waals surface area contributed by atoms with Crippen LogP contribution in [0.4, 0.5) is 0 Å². The molecule has 0 bridgehead atoms. The zero-order valence-corrected chi connectivity index (χ0v) is 17.4. The smallest absolute Gasteiger partial charge is 0.276 e. The van der Waals surface area contributed by atoms with E-state index < -0.39 is 10.0 Å². The van der Waals surface area contributed by atoms with Crippen LogP contribution >= 0.6 is 15.9 Å². The van der Waals surface area contributed by atoms with Crippen molar-refractivity contribution in [2.24, 2.45) is 5.10 Å². The van der Waals surface area contributed by atoms with Gasteiger partial charge in [0.25, 0.3) is 10.0 Å². The van der Waals surface area contributed by atoms with E-state index in [0.29, 0.717) is 21.5 Å². The van der Waals surface area contributed by atoms with Crippen molar-refractivity contribution in [3.8, 4) is 11.5 Å². The molecule has 0 spiro atoms. The summed E-state index contributed by atoms with van der Waals surface area (Å²) in [4.78, 5) is 2.35. The first-order chi connectivity index (χ1) is 12.2. The highest BCUT2D eigenvalue weighted by atomic mass is 79.9. The molecule has 26 heavy (non-hydrogen) atoms. The Morgan fingerprint density at radius 1 is 1.19 bits per heavy atom. The van der Waals surface area contributed by atoms with Crippen molar-refractivity contribution in [1.82, 2.24) is 4.83 Å². The maximum absolute atomic E-state index is 12.2. The van der Waals surface area contributed by atoms with Crippen LogP contribution in [0.15, 0.2) is 50.9 Å². The Labute approximate surface area is 162 Å². The lowest BCUT2D eigenvalue weighted by Gasteiger charge is -2.15. The number of nitrogens with one attached hydrogen (secondary N) is 1. The number of ether oxygens (including phenoxy) is 2. The summed E-state index contributed by atoms with van der Waals surface area (Å²) in [6, 6.07) is 10.0. The maximum atomic E-state index is 12.2. The fourth-order valence-electron chi connectivity index (χ4n) is 2.10. The molecule has 0 fully saturated rings. The van der Waals surface area contributed by atoms with Crippen molar-refractivity contribution < 1.29 is 17.9 Å². The minimum absolute atomic E-state index is 0.0129. The van der Waals surface area contributed by atoms with Crippen molar-refractivity contribution in [1.29, 1.82) is 0 Å². The van der Waals surface area contributed by atoms with E-state index in [9.17, 15) is 8.42 Å². The van der Waals surface area contributed by atoms with Gasteiger partial charge in [-0.2, -0.15) is 13.5 Å². The molecule has 2 aromatic carbocycles. The molecule has 0 saturated carbocycles. The Morgan fingerprint density at radius 2 is 1.85 bits per heavy atom. The fraction of sp³-hybridized carbons (Fsp3) is 0.278. The number of aryl methyl sites for hydroxylation is 1. The molecule has 0 saturated heterocycles. The fourth-order valence-corrected chi connectivity index (χ4v) is 3.45. The topological polar surface area (TPSA) is 77.0 Å². The van der Waals surface area contributed by atoms with E-state index in [0.717, 1.165) is 5.56 Å². The van der Waals surface area contributed by atoms with Crippen molar-refractivity contribution in [2.75, 3.05) is 7.11 Å². The van der Waals surface area contributed by atoms with Gasteiger partial charge in [-0.1, -0.05) is 17.7 Å². The van der Waals surface area contributed by atoms with Gasteiger partial charge in [0.15, 0.2) is 11.5 Å². The molecular weight excluding hydrogens is 420 g/mol. The van der Waals surface area contributed by atoms with Gasteiger partial charge in [0, 0.05) is 0 Å². The van der Waals surface area contributed by atoms with Crippen LogP contribution in [0, 0.1) is 6.92 Å². The Kier molecular flexibility index (Phi) is 6.66. The number of hydrogen-bond acceptors (Lipinski definition) is 5. The molecule has 8 heteroatoms. The molecule has 0 radical (unpaired) electrons. The zero-order chi connectivity index (χ0) is 19.3. The number of nitrogens with zero attached hydrogens (tertiary/aromatic N) is 1. The highest BCUT2D eigenvalue weighted by Crippen LogP contribution is 2.36. The molecule has 0 aliphatic heterocycles. The Morgan fingerprint density at radius 3 is 2.42 bits per heavy atom. The number of methoxy groups -OCH3 is 1. The van der Waals surface area contributed by atoms with Crippen LogP contribution < -0.4 is 14.3 Å². The summed E-state index contributed by atoms with van der Waals surface area (Å²) in [5, 5.41) is 3.84. The first-order valence-corrected chi connectivity index (χ1v) is 10.2. The molecule has 0 aliphatic carbocycles. The standard InChI is InChI=1S/C18H21BrN2O4S/c1-12(2)25-18-16(19)9-14(10-17(18)24-4)11-20-21-26(22,23)15-7-5-13(3)6-8-15/h5-12,21H,1-4H3/b20-11-. The van der Waals surface area contributed by atoms with Crippen LogP contribution in [0.25, 0.3) is 0 Å². The normalized spacial score (nSPS) is 11.8. The molecule has 1 N–H and O–H groups in total. The third-order valence-electron chi connectivity index (χ3n) is 3.32. The van der Waals surface area contributed by atoms with Crippen molar-refractivity contribution >= 4 is 32.2 Å². The molecule has 6 nitrogen and oxygen atoms in total. The van der Waals surface area contributed by atoms with Gasteiger partial charge in [-0.3, -0.25) is 0 Å². The average molecular weight is 441 g/mol. The van der Waals surface area contributed by atoms with Gasteiger partial charge >= 0.3 is 0 Å². The average Bonchev–Trinajstić information content (AvgIpc) is 2.57. The number of sulfonamides is 1. The van der Waals surface area contributed by atoms with E-state index in [-0.39, 0.29) is 11.0 Å². The molecule has 0 heterocycles. The van der Waals surface area contributed by atoms with Crippen LogP contribution in [0.3, 0.4) is 0 Å². The van der Waals surface area contributed by atoms with Crippen LogP contribution in [0.5, 0.6) is 11.5 Å². The van der Waals surface area contributed by atoms with Gasteiger partial charge in [-0.15, -0.1) is 0 Å². The largest absolute Gasteiger partial charge is 0.493 e. The lowest BCUT2D eigenvalue weighted by Crippen LogP contribution is -2.18. The van der Waals surface area contributed by atoms with Crippen LogP contribution in [0.1, 0.15) is 25.0 Å². The summed E-state index contributed by atoms with van der Waals surface area (Å²) in [5.74, 6) is 1.11. The molecule has 0 unspecified atom stereocenters. The van der Waals surface area contributed by atoms with E-state index in [1.165, 1.54) is 25.5 Å². The molecule has 2 aromatic rings. The van der Waals surface area contributed by atoms with E-state index in [1.807, 2.05) is 20.8 Å². The van der Waals surface area contributed by atoms with E-state index in [1.54, 1.807) is 24.3 Å². The summed E-state index contributed by atoms with van der Waals surface area (Å²) in [6.07, 6.45) is 1.39. The van der Waals surface area contributed by atoms with Crippen LogP contribution in [0.2, 0.25) is 0 Å². The Bertz CT molecular complexity index is 894. The first-order valence-electron chi connectivity index (χ1n) is 7.88. The SMILES string of the molecule is COc1cc(/C=N\NS(=O)(=O)c2ccc(C)cc2)cc(Br)c1OC(C)C. The molecule has 140 valence electrons. The predicted molar refractivity (Wildman–Crippen MR) is 106 cm³/mol. The molecule has 0 aliphatic rings. The summed E-state index contributed by atoms with van der Waals surface area (Å²) >= 11 is 3.44. The lowest BCUT2D eigenvalue weighted by molar-refractivity contribution is 0.228. The van der Waals surface area contributed by atoms with Crippen molar-refractivity contribution in [3.05, 3.63) is 52.0 Å². The highest BCUT2D eigenvalue weighted by molar-refractivity contribution is 9.10. The van der Waals surface area contributed by atoms with Gasteiger partial charge in [-0.25, -0.2) is 4.83 Å². The van der Waals surface area contributed by atoms with Gasteiger partial charge < -0.3 is 9.47 Å². The third-order valence-corrected chi connectivity index (χ3v) is 5.15. The minimum atomic E-state index is -3.71. The molecule has 2 rings (SSSR count). The third kappa shape index (κ3) is 5.22. The van der Waals surface area contributed by atoms with Crippen LogP contribution in [-0.4, -0.2) is 27.8 Å². The highest BCUT2D eigenvalue weighted by Gasteiger charge is 2.14. The number of halogens is 1. The number of rotatable bonds is 7. The molecular formula is C18H21BrN2O4S. The summed E-state index contributed by atoms with van der Waals surface area (Å²) in [5.41, 5.74) is 1.63. The van der Waals surface area contributed by atoms with Crippen molar-refractivity contribution in [2.45, 2.75) is 31.8 Å². The zero-order valence-electron chi connectivity index (χ0n) is 15.0. The van der Waals surface area contributed by atoms with E-state index >= 15 is 0 Å². The quantitative estimate of drug-likeness (QED) is 0.523. The first kappa shape index (κ1) is 20.3. The summed E-state index contributed by atoms with van der Waals surface area (Å²) in [6.45, 7) is 5.72. The molecule has 0 atom stereocenters. The van der Waals surface area contributed by atoms with Gasteiger partial charge in [0.2, 0.25) is 0 Å². The lowest BCUT2D eigenvalue weighted by atomic mass is 10.2. The van der Waals surface area contributed by atoms with Gasteiger partial charge in [0.05, 0.1) is 28.8 Å². The number of hydrazone groups is 1. The number of hydrogen-bond donors (Lipinski definition) is 1. The minimum Gasteiger partial charge on any atom is -0.493 e.